The molecule has 0 spiro atoms. The maximum Gasteiger partial charge on any atom is 0.122 e. The first-order valence-corrected chi connectivity index (χ1v) is 4.50. The summed E-state index contributed by atoms with van der Waals surface area (Å²) in [6.07, 6.45) is 2.77. The van der Waals surface area contributed by atoms with Gasteiger partial charge in [-0.2, -0.15) is 0 Å². The highest BCUT2D eigenvalue weighted by atomic mass is 16.5. The van der Waals surface area contributed by atoms with Crippen LogP contribution in [0.3, 0.4) is 0 Å². The topological polar surface area (TPSA) is 22.1 Å². The molecule has 2 heteroatoms. The van der Waals surface area contributed by atoms with E-state index in [4.69, 9.17) is 4.74 Å². The van der Waals surface area contributed by atoms with Gasteiger partial charge < -0.3 is 4.74 Å². The van der Waals surface area contributed by atoms with Crippen LogP contribution in [0, 0.1) is 5.41 Å². The molecule has 0 fully saturated rings. The van der Waals surface area contributed by atoms with Crippen molar-refractivity contribution in [3.8, 4) is 5.75 Å². The summed E-state index contributed by atoms with van der Waals surface area (Å²) in [4.78, 5) is 4.29. The van der Waals surface area contributed by atoms with Crippen molar-refractivity contribution >= 4 is 0 Å². The van der Waals surface area contributed by atoms with Crippen LogP contribution in [0.25, 0.3) is 0 Å². The molecule has 0 unspecified atom stereocenters. The first-order valence-electron chi connectivity index (χ1n) is 4.50. The van der Waals surface area contributed by atoms with Crippen LogP contribution in [0.1, 0.15) is 26.5 Å². The van der Waals surface area contributed by atoms with Gasteiger partial charge in [-0.05, 0) is 17.9 Å². The standard InChI is InChI=1S/C11H17NO/c1-11(2,3)8-9-7-10(13-4)5-6-12-9/h5-7H,8H2,1-4H3. The van der Waals surface area contributed by atoms with Gasteiger partial charge in [-0.1, -0.05) is 20.8 Å². The molecular formula is C11H17NO. The van der Waals surface area contributed by atoms with Crippen LogP contribution in [0.4, 0.5) is 0 Å². The fourth-order valence-corrected chi connectivity index (χ4v) is 1.22. The molecular weight excluding hydrogens is 162 g/mol. The number of ether oxygens (including phenoxy) is 1. The number of methoxy groups -OCH3 is 1. The van der Waals surface area contributed by atoms with E-state index in [0.717, 1.165) is 17.9 Å². The molecule has 0 saturated carbocycles. The van der Waals surface area contributed by atoms with Crippen LogP contribution in [0.15, 0.2) is 18.3 Å². The molecule has 0 saturated heterocycles. The molecule has 0 amide bonds. The summed E-state index contributed by atoms with van der Waals surface area (Å²) in [5.41, 5.74) is 1.37. The monoisotopic (exact) mass is 179 g/mol. The minimum Gasteiger partial charge on any atom is -0.497 e. The molecule has 0 bridgehead atoms. The minimum absolute atomic E-state index is 0.277. The van der Waals surface area contributed by atoms with E-state index in [1.165, 1.54) is 0 Å². The first-order chi connectivity index (χ1) is 6.01. The van der Waals surface area contributed by atoms with E-state index < -0.39 is 0 Å². The lowest BCUT2D eigenvalue weighted by Crippen LogP contribution is -2.10. The van der Waals surface area contributed by atoms with Crippen molar-refractivity contribution in [3.05, 3.63) is 24.0 Å². The Morgan fingerprint density at radius 2 is 2.08 bits per heavy atom. The van der Waals surface area contributed by atoms with Gasteiger partial charge in [0.2, 0.25) is 0 Å². The minimum atomic E-state index is 0.277. The molecule has 1 rings (SSSR count). The third-order valence-electron chi connectivity index (χ3n) is 1.74. The summed E-state index contributed by atoms with van der Waals surface area (Å²) in [5, 5.41) is 0. The third-order valence-corrected chi connectivity index (χ3v) is 1.74. The molecule has 0 aromatic carbocycles. The maximum atomic E-state index is 5.13. The van der Waals surface area contributed by atoms with Crippen LogP contribution in [-0.2, 0) is 6.42 Å². The lowest BCUT2D eigenvalue weighted by molar-refractivity contribution is 0.397. The molecule has 13 heavy (non-hydrogen) atoms. The number of aromatic nitrogens is 1. The number of pyridine rings is 1. The summed E-state index contributed by atoms with van der Waals surface area (Å²) in [6.45, 7) is 6.61. The number of nitrogens with zero attached hydrogens (tertiary/aromatic N) is 1. The molecule has 1 heterocycles. The van der Waals surface area contributed by atoms with Crippen LogP contribution in [0.2, 0.25) is 0 Å². The summed E-state index contributed by atoms with van der Waals surface area (Å²) in [5.74, 6) is 0.884. The zero-order valence-electron chi connectivity index (χ0n) is 8.79. The van der Waals surface area contributed by atoms with Crippen molar-refractivity contribution in [3.63, 3.8) is 0 Å². The highest BCUT2D eigenvalue weighted by Gasteiger charge is 2.12. The molecule has 0 aliphatic heterocycles. The van der Waals surface area contributed by atoms with Crippen LogP contribution < -0.4 is 4.74 Å². The lowest BCUT2D eigenvalue weighted by atomic mass is 9.90. The van der Waals surface area contributed by atoms with Gasteiger partial charge in [-0.15, -0.1) is 0 Å². The predicted molar refractivity (Wildman–Crippen MR) is 53.9 cm³/mol. The second-order valence-corrected chi connectivity index (χ2v) is 4.42. The Hall–Kier alpha value is -1.05. The van der Waals surface area contributed by atoms with E-state index in [0.29, 0.717) is 0 Å². The van der Waals surface area contributed by atoms with E-state index in [1.807, 2.05) is 12.1 Å². The SMILES string of the molecule is COc1ccnc(CC(C)(C)C)c1. The maximum absolute atomic E-state index is 5.13. The van der Waals surface area contributed by atoms with E-state index in [9.17, 15) is 0 Å². The van der Waals surface area contributed by atoms with Crippen molar-refractivity contribution in [2.75, 3.05) is 7.11 Å². The Balaban J connectivity index is 2.78. The Bertz CT molecular complexity index is 276. The molecule has 2 nitrogen and oxygen atoms in total. The van der Waals surface area contributed by atoms with Crippen molar-refractivity contribution in [2.24, 2.45) is 5.41 Å². The van der Waals surface area contributed by atoms with Crippen LogP contribution in [0.5, 0.6) is 5.75 Å². The van der Waals surface area contributed by atoms with E-state index in [-0.39, 0.29) is 5.41 Å². The Kier molecular flexibility index (Phi) is 2.91. The molecule has 0 radical (unpaired) electrons. The molecule has 0 N–H and O–H groups in total. The fraction of sp³-hybridized carbons (Fsp3) is 0.545. The summed E-state index contributed by atoms with van der Waals surface area (Å²) in [7, 11) is 1.68. The largest absolute Gasteiger partial charge is 0.497 e. The fourth-order valence-electron chi connectivity index (χ4n) is 1.22. The number of rotatable bonds is 2. The Labute approximate surface area is 80.0 Å². The highest BCUT2D eigenvalue weighted by Crippen LogP contribution is 2.21. The summed E-state index contributed by atoms with van der Waals surface area (Å²) < 4.78 is 5.13. The zero-order chi connectivity index (χ0) is 9.90. The summed E-state index contributed by atoms with van der Waals surface area (Å²) in [6, 6.07) is 3.86. The average molecular weight is 179 g/mol. The van der Waals surface area contributed by atoms with Gasteiger partial charge in [0.25, 0.3) is 0 Å². The summed E-state index contributed by atoms with van der Waals surface area (Å²) >= 11 is 0. The van der Waals surface area contributed by atoms with Gasteiger partial charge in [0.15, 0.2) is 0 Å². The van der Waals surface area contributed by atoms with Gasteiger partial charge in [0.1, 0.15) is 5.75 Å². The molecule has 0 aliphatic rings. The molecule has 0 atom stereocenters. The normalized spacial score (nSPS) is 11.4. The van der Waals surface area contributed by atoms with Gasteiger partial charge in [0, 0.05) is 18.0 Å². The molecule has 0 aliphatic carbocycles. The van der Waals surface area contributed by atoms with Gasteiger partial charge >= 0.3 is 0 Å². The van der Waals surface area contributed by atoms with Gasteiger partial charge in [-0.3, -0.25) is 4.98 Å². The third kappa shape index (κ3) is 3.45. The van der Waals surface area contributed by atoms with Crippen LogP contribution in [-0.4, -0.2) is 12.1 Å². The number of hydrogen-bond donors (Lipinski definition) is 0. The first kappa shape index (κ1) is 10.0. The lowest BCUT2D eigenvalue weighted by Gasteiger charge is -2.17. The molecule has 1 aromatic heterocycles. The molecule has 72 valence electrons. The predicted octanol–water partition coefficient (Wildman–Crippen LogP) is 2.68. The second-order valence-electron chi connectivity index (χ2n) is 4.42. The van der Waals surface area contributed by atoms with Crippen molar-refractivity contribution in [1.82, 2.24) is 4.98 Å². The van der Waals surface area contributed by atoms with E-state index in [2.05, 4.69) is 25.8 Å². The van der Waals surface area contributed by atoms with Crippen molar-refractivity contribution in [2.45, 2.75) is 27.2 Å². The van der Waals surface area contributed by atoms with Gasteiger partial charge in [-0.25, -0.2) is 0 Å². The van der Waals surface area contributed by atoms with E-state index in [1.54, 1.807) is 13.3 Å². The molecule has 1 aromatic rings. The average Bonchev–Trinajstić information content (AvgIpc) is 2.01. The van der Waals surface area contributed by atoms with Crippen molar-refractivity contribution < 1.29 is 4.74 Å². The van der Waals surface area contributed by atoms with Gasteiger partial charge in [0.05, 0.1) is 7.11 Å². The Morgan fingerprint density at radius 1 is 1.38 bits per heavy atom. The quantitative estimate of drug-likeness (QED) is 0.696. The zero-order valence-corrected chi connectivity index (χ0v) is 8.79. The van der Waals surface area contributed by atoms with Crippen molar-refractivity contribution in [1.29, 1.82) is 0 Å². The smallest absolute Gasteiger partial charge is 0.122 e. The van der Waals surface area contributed by atoms with Crippen LogP contribution >= 0.6 is 0 Å². The number of hydrogen-bond acceptors (Lipinski definition) is 2. The van der Waals surface area contributed by atoms with E-state index >= 15 is 0 Å². The second kappa shape index (κ2) is 3.77. The Morgan fingerprint density at radius 3 is 2.62 bits per heavy atom. The highest BCUT2D eigenvalue weighted by molar-refractivity contribution is 5.22.